The Labute approximate surface area is 138 Å². The maximum atomic E-state index is 12.2. The minimum Gasteiger partial charge on any atom is -0.504 e. The van der Waals surface area contributed by atoms with Crippen LogP contribution in [0.5, 0.6) is 11.5 Å². The Balaban J connectivity index is 1.68. The number of hydrogen-bond donors (Lipinski definition) is 3. The molecule has 1 aromatic heterocycles. The van der Waals surface area contributed by atoms with Gasteiger partial charge >= 0.3 is 0 Å². The molecule has 120 valence electrons. The number of para-hydroxylation sites is 1. The van der Waals surface area contributed by atoms with Gasteiger partial charge in [-0.2, -0.15) is 5.10 Å². The molecule has 0 aliphatic heterocycles. The van der Waals surface area contributed by atoms with Gasteiger partial charge in [0.05, 0.1) is 11.1 Å². The smallest absolute Gasteiger partial charge is 0.281 e. The summed E-state index contributed by atoms with van der Waals surface area (Å²) in [6, 6.07) is 6.51. The predicted octanol–water partition coefficient (Wildman–Crippen LogP) is 3.05. The largest absolute Gasteiger partial charge is 0.504 e. The number of thiophene rings is 1. The van der Waals surface area contributed by atoms with E-state index in [2.05, 4.69) is 17.5 Å². The van der Waals surface area contributed by atoms with E-state index >= 15 is 0 Å². The molecular formula is C17H18N2O3S. The van der Waals surface area contributed by atoms with Crippen LogP contribution in [0.25, 0.3) is 0 Å². The molecule has 6 heteroatoms. The Hall–Kier alpha value is -2.34. The van der Waals surface area contributed by atoms with E-state index in [-0.39, 0.29) is 17.4 Å². The third-order valence-corrected chi connectivity index (χ3v) is 5.17. The Kier molecular flexibility index (Phi) is 4.34. The van der Waals surface area contributed by atoms with Crippen molar-refractivity contribution in [3.8, 4) is 11.5 Å². The molecule has 1 aliphatic rings. The number of hydrazone groups is 1. The summed E-state index contributed by atoms with van der Waals surface area (Å²) in [5.41, 5.74) is 4.07. The van der Waals surface area contributed by atoms with E-state index in [1.54, 1.807) is 12.1 Å². The van der Waals surface area contributed by atoms with Crippen LogP contribution in [0.1, 0.15) is 39.0 Å². The first-order valence-corrected chi connectivity index (χ1v) is 8.32. The average molecular weight is 330 g/mol. The van der Waals surface area contributed by atoms with Crippen molar-refractivity contribution < 1.29 is 15.0 Å². The highest BCUT2D eigenvalue weighted by atomic mass is 32.1. The lowest BCUT2D eigenvalue weighted by molar-refractivity contribution is 0.0959. The second kappa shape index (κ2) is 6.42. The molecule has 0 unspecified atom stereocenters. The van der Waals surface area contributed by atoms with E-state index in [0.29, 0.717) is 16.4 Å². The summed E-state index contributed by atoms with van der Waals surface area (Å²) in [6.07, 6.45) is 4.54. The van der Waals surface area contributed by atoms with Crippen LogP contribution in [0.2, 0.25) is 0 Å². The number of fused-ring (bicyclic) bond motifs is 1. The van der Waals surface area contributed by atoms with Crippen LogP contribution in [0.4, 0.5) is 0 Å². The zero-order valence-electron chi connectivity index (χ0n) is 12.7. The number of aromatic hydroxyl groups is 2. The molecule has 1 heterocycles. The van der Waals surface area contributed by atoms with Crippen molar-refractivity contribution in [3.05, 3.63) is 45.1 Å². The first-order valence-electron chi connectivity index (χ1n) is 7.50. The number of amides is 1. The average Bonchev–Trinajstić information content (AvgIpc) is 2.94. The molecule has 0 fully saturated rings. The summed E-state index contributed by atoms with van der Waals surface area (Å²) >= 11 is 1.52. The maximum absolute atomic E-state index is 12.2. The number of nitrogens with one attached hydrogen (secondary N) is 1. The monoisotopic (exact) mass is 330 g/mol. The highest BCUT2D eigenvalue weighted by Crippen LogP contribution is 2.32. The first-order chi connectivity index (χ1) is 11.0. The Morgan fingerprint density at radius 1 is 1.43 bits per heavy atom. The van der Waals surface area contributed by atoms with Crippen molar-refractivity contribution in [2.75, 3.05) is 0 Å². The van der Waals surface area contributed by atoms with E-state index in [4.69, 9.17) is 0 Å². The SMILES string of the molecule is C[C@H]1CCc2cc(C(=O)N/N=C\c3cccc(O)c3O)sc2C1. The molecule has 2 aromatic rings. The lowest BCUT2D eigenvalue weighted by Gasteiger charge is -2.16. The van der Waals surface area contributed by atoms with Gasteiger partial charge in [0.15, 0.2) is 11.5 Å². The van der Waals surface area contributed by atoms with Gasteiger partial charge in [0.1, 0.15) is 0 Å². The summed E-state index contributed by atoms with van der Waals surface area (Å²) in [5, 5.41) is 22.9. The number of phenols is 2. The predicted molar refractivity (Wildman–Crippen MR) is 90.3 cm³/mol. The van der Waals surface area contributed by atoms with Crippen molar-refractivity contribution in [1.29, 1.82) is 0 Å². The van der Waals surface area contributed by atoms with Crippen LogP contribution < -0.4 is 5.43 Å². The summed E-state index contributed by atoms with van der Waals surface area (Å²) in [4.78, 5) is 14.1. The van der Waals surface area contributed by atoms with Crippen molar-refractivity contribution in [1.82, 2.24) is 5.43 Å². The number of benzene rings is 1. The van der Waals surface area contributed by atoms with E-state index in [9.17, 15) is 15.0 Å². The number of hydrogen-bond acceptors (Lipinski definition) is 5. The molecular weight excluding hydrogens is 312 g/mol. The number of aryl methyl sites for hydroxylation is 1. The molecule has 1 atom stereocenters. The number of rotatable bonds is 3. The molecule has 3 rings (SSSR count). The van der Waals surface area contributed by atoms with Gasteiger partial charge in [-0.25, -0.2) is 5.43 Å². The van der Waals surface area contributed by atoms with Gasteiger partial charge < -0.3 is 10.2 Å². The molecule has 0 saturated carbocycles. The van der Waals surface area contributed by atoms with Gasteiger partial charge in [-0.05, 0) is 48.9 Å². The molecule has 1 aliphatic carbocycles. The zero-order valence-corrected chi connectivity index (χ0v) is 13.6. The second-order valence-electron chi connectivity index (χ2n) is 5.82. The molecule has 0 radical (unpaired) electrons. The fraction of sp³-hybridized carbons (Fsp3) is 0.294. The lowest BCUT2D eigenvalue weighted by Crippen LogP contribution is -2.16. The minimum absolute atomic E-state index is 0.222. The molecule has 0 spiro atoms. The Morgan fingerprint density at radius 3 is 3.09 bits per heavy atom. The summed E-state index contributed by atoms with van der Waals surface area (Å²) in [6.45, 7) is 2.23. The third kappa shape index (κ3) is 3.37. The topological polar surface area (TPSA) is 81.9 Å². The van der Waals surface area contributed by atoms with Gasteiger partial charge in [0.25, 0.3) is 5.91 Å². The van der Waals surface area contributed by atoms with Gasteiger partial charge in [-0.3, -0.25) is 4.79 Å². The van der Waals surface area contributed by atoms with Crippen LogP contribution in [-0.4, -0.2) is 22.3 Å². The standard InChI is InChI=1S/C17H18N2O3S/c1-10-5-6-11-8-15(23-14(11)7-10)17(22)19-18-9-12-3-2-4-13(20)16(12)21/h2-4,8-10,20-21H,5-7H2,1H3,(H,19,22)/b18-9-/t10-/m0/s1. The molecule has 5 nitrogen and oxygen atoms in total. The maximum Gasteiger partial charge on any atom is 0.281 e. The van der Waals surface area contributed by atoms with Crippen LogP contribution >= 0.6 is 11.3 Å². The van der Waals surface area contributed by atoms with Crippen LogP contribution in [0.3, 0.4) is 0 Å². The number of phenolic OH excluding ortho intramolecular Hbond substituents is 2. The molecule has 23 heavy (non-hydrogen) atoms. The van der Waals surface area contributed by atoms with Crippen LogP contribution in [0, 0.1) is 5.92 Å². The van der Waals surface area contributed by atoms with Gasteiger partial charge in [0.2, 0.25) is 0 Å². The minimum atomic E-state index is -0.258. The molecule has 3 N–H and O–H groups in total. The molecule has 0 bridgehead atoms. The van der Waals surface area contributed by atoms with Gasteiger partial charge in [-0.1, -0.05) is 13.0 Å². The quantitative estimate of drug-likeness (QED) is 0.459. The number of carbonyl (C=O) groups is 1. The Bertz CT molecular complexity index is 767. The van der Waals surface area contributed by atoms with E-state index in [1.807, 2.05) is 6.07 Å². The lowest BCUT2D eigenvalue weighted by atomic mass is 9.90. The van der Waals surface area contributed by atoms with Crippen molar-refractivity contribution in [3.63, 3.8) is 0 Å². The fourth-order valence-electron chi connectivity index (χ4n) is 2.65. The van der Waals surface area contributed by atoms with Crippen LogP contribution in [-0.2, 0) is 12.8 Å². The highest BCUT2D eigenvalue weighted by Gasteiger charge is 2.20. The highest BCUT2D eigenvalue weighted by molar-refractivity contribution is 7.14. The summed E-state index contributed by atoms with van der Waals surface area (Å²) in [7, 11) is 0. The number of nitrogens with zero attached hydrogens (tertiary/aromatic N) is 1. The van der Waals surface area contributed by atoms with Gasteiger partial charge in [-0.15, -0.1) is 11.3 Å². The summed E-state index contributed by atoms with van der Waals surface area (Å²) in [5.74, 6) is -0.0665. The van der Waals surface area contributed by atoms with Crippen molar-refractivity contribution in [2.45, 2.75) is 26.2 Å². The summed E-state index contributed by atoms with van der Waals surface area (Å²) < 4.78 is 0. The third-order valence-electron chi connectivity index (χ3n) is 3.98. The van der Waals surface area contributed by atoms with Crippen LogP contribution in [0.15, 0.2) is 29.4 Å². The second-order valence-corrected chi connectivity index (χ2v) is 6.96. The first kappa shape index (κ1) is 15.6. The molecule has 0 saturated heterocycles. The van der Waals surface area contributed by atoms with Crippen molar-refractivity contribution in [2.24, 2.45) is 11.0 Å². The zero-order chi connectivity index (χ0) is 16.4. The normalized spacial score (nSPS) is 17.2. The molecule has 1 aromatic carbocycles. The Morgan fingerprint density at radius 2 is 2.26 bits per heavy atom. The molecule has 1 amide bonds. The van der Waals surface area contributed by atoms with Gasteiger partial charge in [0, 0.05) is 10.4 Å². The van der Waals surface area contributed by atoms with E-state index < -0.39 is 0 Å². The van der Waals surface area contributed by atoms with E-state index in [1.165, 1.54) is 40.5 Å². The fourth-order valence-corrected chi connectivity index (χ4v) is 3.92. The number of carbonyl (C=O) groups excluding carboxylic acids is 1. The van der Waals surface area contributed by atoms with E-state index in [0.717, 1.165) is 12.8 Å². The van der Waals surface area contributed by atoms with Crippen molar-refractivity contribution >= 4 is 23.5 Å².